The Morgan fingerprint density at radius 2 is 1.73 bits per heavy atom. The molecule has 6 aromatic rings. The zero-order valence-electron chi connectivity index (χ0n) is 17.2. The van der Waals surface area contributed by atoms with Gasteiger partial charge in [-0.25, -0.2) is 0 Å². The van der Waals surface area contributed by atoms with Crippen LogP contribution >= 0.6 is 0 Å². The highest BCUT2D eigenvalue weighted by atomic mass is 16.3. The fourth-order valence-electron chi connectivity index (χ4n) is 3.67. The summed E-state index contributed by atoms with van der Waals surface area (Å²) in [5.41, 5.74) is 4.38. The van der Waals surface area contributed by atoms with Gasteiger partial charge < -0.3 is 9.73 Å². The SMILES string of the molecule is O=C(Nc1cccc(-c2ccc3nnc(-c4ccncc4)n3n2)c1)c1cc2ccccc2o1. The minimum absolute atomic E-state index is 0.257. The summed E-state index contributed by atoms with van der Waals surface area (Å²) in [4.78, 5) is 16.8. The van der Waals surface area contributed by atoms with Gasteiger partial charge in [-0.05, 0) is 48.5 Å². The summed E-state index contributed by atoms with van der Waals surface area (Å²) in [5.74, 6) is 0.571. The van der Waals surface area contributed by atoms with Crippen LogP contribution in [-0.4, -0.2) is 30.7 Å². The van der Waals surface area contributed by atoms with Gasteiger partial charge in [0, 0.05) is 34.6 Å². The average molecular weight is 432 g/mol. The Balaban J connectivity index is 1.32. The van der Waals surface area contributed by atoms with Gasteiger partial charge in [0.15, 0.2) is 17.2 Å². The molecule has 0 bridgehead atoms. The standard InChI is InChI=1S/C25H16N6O2/c32-25(22-15-18-4-1-2-7-21(18)33-22)27-19-6-3-5-17(14-19)20-8-9-23-28-29-24(31(23)30-20)16-10-12-26-13-11-16/h1-15H,(H,27,32). The van der Waals surface area contributed by atoms with Crippen LogP contribution in [0.1, 0.15) is 10.6 Å². The number of hydrogen-bond acceptors (Lipinski definition) is 6. The third-order valence-corrected chi connectivity index (χ3v) is 5.27. The number of benzene rings is 2. The summed E-state index contributed by atoms with van der Waals surface area (Å²) in [5, 5.41) is 17.0. The molecule has 4 heterocycles. The van der Waals surface area contributed by atoms with E-state index in [1.165, 1.54) is 0 Å². The molecule has 0 radical (unpaired) electrons. The molecule has 0 unspecified atom stereocenters. The molecule has 0 aliphatic carbocycles. The Bertz CT molecular complexity index is 1590. The molecule has 8 nitrogen and oxygen atoms in total. The predicted octanol–water partition coefficient (Wildman–Crippen LogP) is 4.85. The van der Waals surface area contributed by atoms with E-state index < -0.39 is 0 Å². The van der Waals surface area contributed by atoms with Gasteiger partial charge in [0.1, 0.15) is 5.58 Å². The highest BCUT2D eigenvalue weighted by Crippen LogP contribution is 2.24. The number of nitrogens with zero attached hydrogens (tertiary/aromatic N) is 5. The Hall–Kier alpha value is -4.85. The highest BCUT2D eigenvalue weighted by Gasteiger charge is 2.14. The van der Waals surface area contributed by atoms with Crippen molar-refractivity contribution in [1.29, 1.82) is 0 Å². The van der Waals surface area contributed by atoms with Gasteiger partial charge in [0.05, 0.1) is 5.69 Å². The van der Waals surface area contributed by atoms with E-state index in [9.17, 15) is 4.79 Å². The summed E-state index contributed by atoms with van der Waals surface area (Å²) >= 11 is 0. The predicted molar refractivity (Wildman–Crippen MR) is 124 cm³/mol. The van der Waals surface area contributed by atoms with Crippen molar-refractivity contribution in [3.8, 4) is 22.6 Å². The normalized spacial score (nSPS) is 11.2. The van der Waals surface area contributed by atoms with E-state index in [0.29, 0.717) is 22.7 Å². The van der Waals surface area contributed by atoms with Crippen LogP contribution in [0.3, 0.4) is 0 Å². The van der Waals surface area contributed by atoms with Crippen molar-refractivity contribution in [2.75, 3.05) is 5.32 Å². The molecule has 0 atom stereocenters. The molecule has 0 aliphatic heterocycles. The molecule has 8 heteroatoms. The van der Waals surface area contributed by atoms with Crippen LogP contribution in [0.4, 0.5) is 5.69 Å². The van der Waals surface area contributed by atoms with E-state index >= 15 is 0 Å². The van der Waals surface area contributed by atoms with Gasteiger partial charge in [0.2, 0.25) is 0 Å². The van der Waals surface area contributed by atoms with E-state index in [2.05, 4.69) is 20.5 Å². The molecular formula is C25H16N6O2. The van der Waals surface area contributed by atoms with Crippen LogP contribution in [0.15, 0.2) is 95.7 Å². The molecule has 1 N–H and O–H groups in total. The number of carbonyl (C=O) groups is 1. The Labute approximate surface area is 187 Å². The van der Waals surface area contributed by atoms with Crippen LogP contribution in [0.5, 0.6) is 0 Å². The molecule has 0 saturated carbocycles. The number of aromatic nitrogens is 5. The third-order valence-electron chi connectivity index (χ3n) is 5.27. The zero-order valence-corrected chi connectivity index (χ0v) is 17.2. The van der Waals surface area contributed by atoms with Crippen LogP contribution in [0.25, 0.3) is 39.3 Å². The lowest BCUT2D eigenvalue weighted by Crippen LogP contribution is -2.10. The number of para-hydroxylation sites is 1. The molecule has 0 fully saturated rings. The fraction of sp³-hybridized carbons (Fsp3) is 0. The second-order valence-corrected chi connectivity index (χ2v) is 7.43. The topological polar surface area (TPSA) is 98.2 Å². The molecule has 158 valence electrons. The second kappa shape index (κ2) is 7.69. The lowest BCUT2D eigenvalue weighted by Gasteiger charge is -2.07. The number of amides is 1. The van der Waals surface area contributed by atoms with Crippen molar-refractivity contribution in [3.63, 3.8) is 0 Å². The van der Waals surface area contributed by atoms with E-state index in [0.717, 1.165) is 22.2 Å². The van der Waals surface area contributed by atoms with Gasteiger partial charge in [-0.3, -0.25) is 9.78 Å². The van der Waals surface area contributed by atoms with E-state index in [-0.39, 0.29) is 11.7 Å². The monoisotopic (exact) mass is 432 g/mol. The fourth-order valence-corrected chi connectivity index (χ4v) is 3.67. The Morgan fingerprint density at radius 1 is 0.848 bits per heavy atom. The second-order valence-electron chi connectivity index (χ2n) is 7.43. The summed E-state index contributed by atoms with van der Waals surface area (Å²) in [6.07, 6.45) is 3.41. The average Bonchev–Trinajstić information content (AvgIpc) is 3.49. The van der Waals surface area contributed by atoms with Crippen LogP contribution in [0, 0.1) is 0 Å². The molecule has 6 rings (SSSR count). The zero-order chi connectivity index (χ0) is 22.2. The van der Waals surface area contributed by atoms with Gasteiger partial charge >= 0.3 is 0 Å². The lowest BCUT2D eigenvalue weighted by molar-refractivity contribution is 0.0998. The van der Waals surface area contributed by atoms with Crippen molar-refractivity contribution in [2.24, 2.45) is 0 Å². The number of carbonyl (C=O) groups excluding carboxylic acids is 1. The lowest BCUT2D eigenvalue weighted by atomic mass is 10.1. The highest BCUT2D eigenvalue weighted by molar-refractivity contribution is 6.04. The summed E-state index contributed by atoms with van der Waals surface area (Å²) < 4.78 is 7.36. The number of nitrogens with one attached hydrogen (secondary N) is 1. The van der Waals surface area contributed by atoms with Gasteiger partial charge in [-0.1, -0.05) is 30.3 Å². The first kappa shape index (κ1) is 18.9. The van der Waals surface area contributed by atoms with Crippen molar-refractivity contribution < 1.29 is 9.21 Å². The first-order valence-electron chi connectivity index (χ1n) is 10.3. The maximum Gasteiger partial charge on any atom is 0.291 e. The molecule has 33 heavy (non-hydrogen) atoms. The van der Waals surface area contributed by atoms with E-state index in [4.69, 9.17) is 9.52 Å². The number of fused-ring (bicyclic) bond motifs is 2. The Morgan fingerprint density at radius 3 is 2.61 bits per heavy atom. The molecular weight excluding hydrogens is 416 g/mol. The number of anilines is 1. The Kier molecular flexibility index (Phi) is 4.40. The largest absolute Gasteiger partial charge is 0.451 e. The maximum atomic E-state index is 12.7. The molecule has 0 aliphatic rings. The van der Waals surface area contributed by atoms with Crippen molar-refractivity contribution in [1.82, 2.24) is 24.8 Å². The van der Waals surface area contributed by atoms with Crippen molar-refractivity contribution in [3.05, 3.63) is 97.0 Å². The minimum Gasteiger partial charge on any atom is -0.451 e. The molecule has 2 aromatic carbocycles. The maximum absolute atomic E-state index is 12.7. The molecule has 4 aromatic heterocycles. The van der Waals surface area contributed by atoms with Gasteiger partial charge in [-0.15, -0.1) is 10.2 Å². The summed E-state index contributed by atoms with van der Waals surface area (Å²) in [6, 6.07) is 24.2. The number of pyridine rings is 1. The van der Waals surface area contributed by atoms with Crippen LogP contribution in [-0.2, 0) is 0 Å². The van der Waals surface area contributed by atoms with Crippen molar-refractivity contribution >= 4 is 28.2 Å². The minimum atomic E-state index is -0.314. The quantitative estimate of drug-likeness (QED) is 0.428. The van der Waals surface area contributed by atoms with E-state index in [1.54, 1.807) is 23.0 Å². The summed E-state index contributed by atoms with van der Waals surface area (Å²) in [7, 11) is 0. The smallest absolute Gasteiger partial charge is 0.291 e. The number of furan rings is 1. The van der Waals surface area contributed by atoms with Crippen molar-refractivity contribution in [2.45, 2.75) is 0 Å². The first-order chi connectivity index (χ1) is 16.2. The molecule has 0 saturated heterocycles. The van der Waals surface area contributed by atoms with Gasteiger partial charge in [0.25, 0.3) is 5.91 Å². The first-order valence-corrected chi connectivity index (χ1v) is 10.3. The summed E-state index contributed by atoms with van der Waals surface area (Å²) in [6.45, 7) is 0. The number of rotatable bonds is 4. The molecule has 0 spiro atoms. The van der Waals surface area contributed by atoms with Crippen LogP contribution < -0.4 is 5.32 Å². The molecule has 1 amide bonds. The van der Waals surface area contributed by atoms with E-state index in [1.807, 2.05) is 72.8 Å². The van der Waals surface area contributed by atoms with Crippen LogP contribution in [0.2, 0.25) is 0 Å². The number of hydrogen-bond donors (Lipinski definition) is 1. The van der Waals surface area contributed by atoms with Gasteiger partial charge in [-0.2, -0.15) is 9.61 Å². The third kappa shape index (κ3) is 3.49.